The van der Waals surface area contributed by atoms with Crippen molar-refractivity contribution in [3.8, 4) is 22.5 Å². The van der Waals surface area contributed by atoms with Gasteiger partial charge in [0, 0.05) is 27.4 Å². The number of fused-ring (bicyclic) bond motifs is 2. The van der Waals surface area contributed by atoms with Crippen molar-refractivity contribution >= 4 is 65.7 Å². The maximum absolute atomic E-state index is 9.53. The molecule has 0 aliphatic carbocycles. The normalized spacial score (nSPS) is 13.0. The van der Waals surface area contributed by atoms with Crippen LogP contribution in [0.15, 0.2) is 57.5 Å². The molecule has 2 heterocycles. The molecular weight excluding hydrogens is 836 g/mol. The van der Waals surface area contributed by atoms with E-state index in [0.29, 0.717) is 57.3 Å². The maximum atomic E-state index is 9.53. The van der Waals surface area contributed by atoms with Crippen LogP contribution < -0.4 is 0 Å². The second-order valence-electron chi connectivity index (χ2n) is 16.9. The van der Waals surface area contributed by atoms with Gasteiger partial charge in [0.15, 0.2) is 0 Å². The van der Waals surface area contributed by atoms with E-state index in [-0.39, 0.29) is 29.5 Å². The van der Waals surface area contributed by atoms with Gasteiger partial charge in [0.05, 0.1) is 97.1 Å². The van der Waals surface area contributed by atoms with Crippen molar-refractivity contribution in [1.82, 2.24) is 18.7 Å². The zero-order chi connectivity index (χ0) is 39.3. The van der Waals surface area contributed by atoms with E-state index in [2.05, 4.69) is 117 Å². The van der Waals surface area contributed by atoms with Crippen LogP contribution in [-0.4, -0.2) is 80.8 Å². The highest BCUT2D eigenvalue weighted by Gasteiger charge is 2.26. The van der Waals surface area contributed by atoms with Gasteiger partial charge < -0.3 is 29.2 Å². The van der Waals surface area contributed by atoms with Crippen LogP contribution in [-0.2, 0) is 32.2 Å². The molecule has 5 rings (SSSR count). The number of hydrogen-bond acceptors (Lipinski definition) is 11. The zero-order valence-corrected chi connectivity index (χ0v) is 36.5. The number of halogens is 2. The molecule has 2 aromatic heterocycles. The fourth-order valence-corrected chi connectivity index (χ4v) is 7.32. The van der Waals surface area contributed by atoms with Gasteiger partial charge in [-0.3, -0.25) is 0 Å². The molecule has 54 heavy (non-hydrogen) atoms. The molecule has 0 amide bonds. The topological polar surface area (TPSA) is 129 Å². The summed E-state index contributed by atoms with van der Waals surface area (Å²) in [6.07, 6.45) is 0. The molecule has 0 aliphatic rings. The minimum absolute atomic E-state index is 0.0389. The number of hydrogen-bond donors (Lipinski definition) is 2. The highest BCUT2D eigenvalue weighted by molar-refractivity contribution is 9.11. The summed E-state index contributed by atoms with van der Waals surface area (Å²) in [5, 5.41) is 19.0. The summed E-state index contributed by atoms with van der Waals surface area (Å²) >= 11 is 8.65. The summed E-state index contributed by atoms with van der Waals surface area (Å²) < 4.78 is 34.6. The van der Waals surface area contributed by atoms with E-state index in [1.165, 1.54) is 0 Å². The summed E-state index contributed by atoms with van der Waals surface area (Å²) in [5.41, 5.74) is 7.02. The predicted octanol–water partition coefficient (Wildman–Crippen LogP) is 9.40. The first-order chi connectivity index (χ1) is 25.4. The molecule has 0 atom stereocenters. The molecule has 0 spiro atoms. The zero-order valence-electron chi connectivity index (χ0n) is 32.5. The lowest BCUT2D eigenvalue weighted by molar-refractivity contribution is -0.0977. The van der Waals surface area contributed by atoms with Gasteiger partial charge in [0.25, 0.3) is 0 Å². The summed E-state index contributed by atoms with van der Waals surface area (Å²) in [7, 11) is 0. The van der Waals surface area contributed by atoms with E-state index in [9.17, 15) is 10.2 Å². The Balaban J connectivity index is 1.35. The van der Waals surface area contributed by atoms with Crippen molar-refractivity contribution in [3.63, 3.8) is 0 Å². The monoisotopic (exact) mass is 886 g/mol. The molecular formula is C41H52Br2N4O6S. The molecule has 0 unspecified atom stereocenters. The lowest BCUT2D eigenvalue weighted by Gasteiger charge is -2.30. The lowest BCUT2D eigenvalue weighted by Crippen LogP contribution is -2.35. The van der Waals surface area contributed by atoms with Crippen molar-refractivity contribution in [2.45, 2.75) is 74.2 Å². The van der Waals surface area contributed by atoms with Gasteiger partial charge >= 0.3 is 0 Å². The standard InChI is InChI=1S/C41H52Br2N4O6S/c1-38(2,19-48)21-52-24-39(3,4)22-50-17-26-9-13-28(14-10-26)32-33(45-35-31(43)37-36(46-54-47-37)30(42)34(35)44-32)29-15-11-27(12-16-29)18-51-23-40(5,6)25-53-41(7,8)20-49/h9-16,48-49H,17-25H2,1-8H3. The van der Waals surface area contributed by atoms with E-state index in [0.717, 1.165) is 65.3 Å². The Morgan fingerprint density at radius 2 is 0.944 bits per heavy atom. The number of rotatable bonds is 19. The molecule has 13 heteroatoms. The van der Waals surface area contributed by atoms with Crippen molar-refractivity contribution in [3.05, 3.63) is 68.6 Å². The predicted molar refractivity (Wildman–Crippen MR) is 222 cm³/mol. The summed E-state index contributed by atoms with van der Waals surface area (Å²) in [5.74, 6) is 0. The molecule has 292 valence electrons. The van der Waals surface area contributed by atoms with Crippen LogP contribution in [0.25, 0.3) is 44.6 Å². The summed E-state index contributed by atoms with van der Waals surface area (Å²) in [6, 6.07) is 16.5. The van der Waals surface area contributed by atoms with Crippen molar-refractivity contribution in [2.24, 2.45) is 16.2 Å². The fraction of sp³-hybridized carbons (Fsp3) is 0.512. The van der Waals surface area contributed by atoms with Crippen LogP contribution >= 0.6 is 43.6 Å². The first-order valence-corrected chi connectivity index (χ1v) is 20.3. The van der Waals surface area contributed by atoms with Crippen LogP contribution in [0, 0.1) is 16.2 Å². The van der Waals surface area contributed by atoms with Gasteiger partial charge in [-0.2, -0.15) is 8.75 Å². The Kier molecular flexibility index (Phi) is 14.0. The molecule has 0 aliphatic heterocycles. The molecule has 2 N–H and O–H groups in total. The van der Waals surface area contributed by atoms with Gasteiger partial charge in [0.1, 0.15) is 22.1 Å². The van der Waals surface area contributed by atoms with Crippen LogP contribution in [0.4, 0.5) is 0 Å². The van der Waals surface area contributed by atoms with Gasteiger partial charge in [0.2, 0.25) is 0 Å². The Hall–Kier alpha value is -2.46. The highest BCUT2D eigenvalue weighted by atomic mass is 79.9. The molecule has 5 aromatic rings. The van der Waals surface area contributed by atoms with E-state index < -0.39 is 5.60 Å². The Bertz CT molecular complexity index is 2020. The van der Waals surface area contributed by atoms with E-state index in [1.54, 1.807) is 0 Å². The Labute approximate surface area is 339 Å². The van der Waals surface area contributed by atoms with Crippen molar-refractivity contribution in [2.75, 3.05) is 46.2 Å². The number of benzene rings is 3. The smallest absolute Gasteiger partial charge is 0.122 e. The molecule has 0 saturated heterocycles. The molecule has 0 radical (unpaired) electrons. The molecule has 0 bridgehead atoms. The molecule has 10 nitrogen and oxygen atoms in total. The quantitative estimate of drug-likeness (QED) is 0.0828. The van der Waals surface area contributed by atoms with E-state index in [1.807, 2.05) is 27.7 Å². The SMILES string of the molecule is CC(C)(CO)COCC(C)(C)COCc1ccc(-c2nc3c(Br)c4nsnc4c(Br)c3nc2-c2ccc(COCC(C)(C)COC(C)(C)CO)cc2)cc1. The molecule has 0 fully saturated rings. The fourth-order valence-electron chi connectivity index (χ4n) is 5.42. The minimum Gasteiger partial charge on any atom is -0.396 e. The number of aliphatic hydroxyl groups excluding tert-OH is 2. The first kappa shape index (κ1) is 42.7. The first-order valence-electron chi connectivity index (χ1n) is 18.0. The maximum Gasteiger partial charge on any atom is 0.122 e. The summed E-state index contributed by atoms with van der Waals surface area (Å²) in [4.78, 5) is 10.4. The second-order valence-corrected chi connectivity index (χ2v) is 19.1. The lowest BCUT2D eigenvalue weighted by atomic mass is 9.94. The number of aromatic nitrogens is 4. The largest absolute Gasteiger partial charge is 0.396 e. The van der Waals surface area contributed by atoms with Gasteiger partial charge in [-0.15, -0.1) is 0 Å². The average Bonchev–Trinajstić information content (AvgIpc) is 3.64. The second kappa shape index (κ2) is 17.8. The third-order valence-electron chi connectivity index (χ3n) is 8.84. The van der Waals surface area contributed by atoms with Crippen molar-refractivity contribution in [1.29, 1.82) is 0 Å². The highest BCUT2D eigenvalue weighted by Crippen LogP contribution is 2.40. The van der Waals surface area contributed by atoms with E-state index >= 15 is 0 Å². The average molecular weight is 889 g/mol. The van der Waals surface area contributed by atoms with Crippen LogP contribution in [0.1, 0.15) is 66.5 Å². The van der Waals surface area contributed by atoms with Crippen LogP contribution in [0.3, 0.4) is 0 Å². The van der Waals surface area contributed by atoms with Gasteiger partial charge in [-0.05, 0) is 56.8 Å². The van der Waals surface area contributed by atoms with Crippen molar-refractivity contribution < 1.29 is 29.2 Å². The Morgan fingerprint density at radius 1 is 0.537 bits per heavy atom. The number of nitrogens with zero attached hydrogens (tertiary/aromatic N) is 4. The van der Waals surface area contributed by atoms with Crippen LogP contribution in [0.5, 0.6) is 0 Å². The number of ether oxygens (including phenoxy) is 4. The van der Waals surface area contributed by atoms with Gasteiger partial charge in [-0.1, -0.05) is 90.1 Å². The summed E-state index contributed by atoms with van der Waals surface area (Å²) in [6.45, 7) is 19.7. The van der Waals surface area contributed by atoms with E-state index in [4.69, 9.17) is 28.9 Å². The minimum atomic E-state index is -0.587. The third-order valence-corrected chi connectivity index (χ3v) is 10.9. The van der Waals surface area contributed by atoms with Gasteiger partial charge in [-0.25, -0.2) is 9.97 Å². The van der Waals surface area contributed by atoms with Crippen LogP contribution in [0.2, 0.25) is 0 Å². The number of aliphatic hydroxyl groups is 2. The third kappa shape index (κ3) is 11.1. The molecule has 0 saturated carbocycles. The molecule has 3 aromatic carbocycles. The Morgan fingerprint density at radius 3 is 1.37 bits per heavy atom.